The predicted octanol–water partition coefficient (Wildman–Crippen LogP) is -27.0. The van der Waals surface area contributed by atoms with Crippen LogP contribution in [0, 0.1) is 0 Å². The molecular weight excluding hydrogens is 1880 g/mol. The number of aliphatic hydroxyl groups is 37. The van der Waals surface area contributed by atoms with Crippen LogP contribution in [0.25, 0.3) is 0 Å². The Balaban J connectivity index is 0.880. The Bertz CT molecular complexity index is 3590. The van der Waals surface area contributed by atoms with Gasteiger partial charge in [0.15, 0.2) is 75.5 Å². The molecule has 136 heavy (non-hydrogen) atoms. The van der Waals surface area contributed by atoms with Gasteiger partial charge in [-0.05, 0) is 0 Å². The first-order valence-electron chi connectivity index (χ1n) is 43.2. The first-order chi connectivity index (χ1) is 64.5. The zero-order valence-electron chi connectivity index (χ0n) is 71.5. The SMILES string of the molecule is CC(=O)N[C@@H]1[C@@H](O)[C@H](O[C@@H]2O[C@H](CO[C@H]3O[C@H](CO[C@H]4O[C@H](CO)[C@@H](O)[C@H](O)[C@@H]4O[C@H]4O[C@H](CO)[C@@H](O)[C@H](O[C@H]5O[C@H](CO)[C@@H](O)[C@H](O)[C@@H]5O)[C@@H]4O)[C@@H](O)[C@H](O[C@H]4O[C@H](CO)[C@@H](O)[C@H](O)[C@@H]4O)[C@@H]3O)[C@@H](O)[C@H](O[C@H]3O[C@H](CO[C@H]4O[C@H](CO)[C@@H](O)[C@H](O)[C@@H]4O)[C@@H](O)[C@H](O)[C@@H]3O[C@H]3O[C@H](CO)[C@@H](O)[C@H](O)[C@@H]3O[C@H]3O[C@H](CO)[C@@H](O)[C@H](O[C@H]4O[C@H](CO)[C@@H](O)[C@H](O)[C@@H]4O)[C@@H]3O)[C@@H]2O)[C@@H](CO)O[C@H]1O. The van der Waals surface area contributed by atoms with E-state index in [1.165, 1.54) is 0 Å². The number of aliphatic hydroxyl groups excluding tert-OH is 37. The van der Waals surface area contributed by atoms with Gasteiger partial charge in [-0.15, -0.1) is 0 Å². The Morgan fingerprint density at radius 3 is 0.728 bits per heavy atom. The van der Waals surface area contributed by atoms with E-state index in [4.69, 9.17) is 109 Å². The van der Waals surface area contributed by atoms with Gasteiger partial charge in [-0.3, -0.25) is 4.79 Å². The van der Waals surface area contributed by atoms with Crippen LogP contribution in [0.3, 0.4) is 0 Å². The summed E-state index contributed by atoms with van der Waals surface area (Å²) in [6.45, 7) is -13.0. The molecule has 12 rings (SSSR count). The fourth-order valence-electron chi connectivity index (χ4n) is 17.4. The summed E-state index contributed by atoms with van der Waals surface area (Å²) >= 11 is 0. The molecule has 0 aromatic rings. The Labute approximate surface area is 766 Å². The van der Waals surface area contributed by atoms with Gasteiger partial charge in [0.25, 0.3) is 0 Å². The highest BCUT2D eigenvalue weighted by atomic mass is 16.8. The third-order valence-corrected chi connectivity index (χ3v) is 25.5. The van der Waals surface area contributed by atoms with Crippen molar-refractivity contribution in [3.8, 4) is 0 Å². The predicted molar refractivity (Wildman–Crippen MR) is 407 cm³/mol. The molecule has 0 radical (unpaired) electrons. The van der Waals surface area contributed by atoms with Crippen LogP contribution < -0.4 is 5.32 Å². The average molecular weight is 2000 g/mol. The van der Waals surface area contributed by atoms with E-state index >= 15 is 0 Å². The summed E-state index contributed by atoms with van der Waals surface area (Å²) in [5.74, 6) is -0.933. The monoisotopic (exact) mass is 2000 g/mol. The quantitative estimate of drug-likeness (QED) is 0.0280. The van der Waals surface area contributed by atoms with E-state index in [-0.39, 0.29) is 0 Å². The molecule has 62 heteroatoms. The van der Waals surface area contributed by atoms with Crippen LogP contribution in [-0.2, 0) is 114 Å². The molecule has 12 saturated heterocycles. The molecular formula is C74H125NO61. The van der Waals surface area contributed by atoms with Gasteiger partial charge in [-0.2, -0.15) is 0 Å². The van der Waals surface area contributed by atoms with Crippen LogP contribution in [0.5, 0.6) is 0 Å². The summed E-state index contributed by atoms with van der Waals surface area (Å²) < 4.78 is 134. The third-order valence-electron chi connectivity index (χ3n) is 25.5. The number of rotatable bonds is 35. The number of hydrogen-bond acceptors (Lipinski definition) is 61. The minimum atomic E-state index is -2.72. The van der Waals surface area contributed by atoms with Crippen LogP contribution in [0.2, 0.25) is 0 Å². The topological polar surface area (TPSA) is 990 Å². The van der Waals surface area contributed by atoms with Crippen LogP contribution in [0.1, 0.15) is 6.92 Å². The van der Waals surface area contributed by atoms with Gasteiger partial charge in [0.1, 0.15) is 293 Å². The number of nitrogens with one attached hydrogen (secondary N) is 1. The molecule has 62 nitrogen and oxygen atoms in total. The second-order valence-corrected chi connectivity index (χ2v) is 34.5. The van der Waals surface area contributed by atoms with Gasteiger partial charge in [-0.1, -0.05) is 0 Å². The van der Waals surface area contributed by atoms with Gasteiger partial charge in [0, 0.05) is 6.92 Å². The van der Waals surface area contributed by atoms with Gasteiger partial charge >= 0.3 is 0 Å². The molecule has 0 spiro atoms. The summed E-state index contributed by atoms with van der Waals surface area (Å²) in [6, 6.07) is -1.89. The maximum Gasteiger partial charge on any atom is 0.217 e. The fourth-order valence-corrected chi connectivity index (χ4v) is 17.4. The maximum atomic E-state index is 12.9. The van der Waals surface area contributed by atoms with Crippen LogP contribution in [0.4, 0.5) is 0 Å². The molecule has 0 aromatic heterocycles. The Hall–Kier alpha value is -2.93. The summed E-state index contributed by atoms with van der Waals surface area (Å²) in [6.07, 6.45) is -132. The fraction of sp³-hybridized carbons (Fsp3) is 0.986. The van der Waals surface area contributed by atoms with Crippen molar-refractivity contribution < 1.29 is 303 Å². The number of ether oxygens (including phenoxy) is 23. The van der Waals surface area contributed by atoms with Crippen molar-refractivity contribution in [2.45, 2.75) is 375 Å². The van der Waals surface area contributed by atoms with Crippen molar-refractivity contribution in [1.29, 1.82) is 0 Å². The van der Waals surface area contributed by atoms with Crippen molar-refractivity contribution in [3.05, 3.63) is 0 Å². The van der Waals surface area contributed by atoms with Gasteiger partial charge in [-0.25, -0.2) is 0 Å². The van der Waals surface area contributed by atoms with E-state index in [1.54, 1.807) is 0 Å². The van der Waals surface area contributed by atoms with E-state index < -0.39 is 454 Å². The Morgan fingerprint density at radius 1 is 0.191 bits per heavy atom. The normalized spacial score (nSPS) is 52.8. The van der Waals surface area contributed by atoms with Crippen molar-refractivity contribution >= 4 is 5.91 Å². The van der Waals surface area contributed by atoms with Crippen molar-refractivity contribution in [1.82, 2.24) is 5.32 Å². The van der Waals surface area contributed by atoms with Crippen LogP contribution in [0.15, 0.2) is 0 Å². The molecule has 12 fully saturated rings. The Morgan fingerprint density at radius 2 is 0.390 bits per heavy atom. The number of hydrogen-bond donors (Lipinski definition) is 38. The molecule has 0 saturated carbocycles. The molecule has 12 aliphatic rings. The highest BCUT2D eigenvalue weighted by molar-refractivity contribution is 5.73. The first kappa shape index (κ1) is 112. The second-order valence-electron chi connectivity index (χ2n) is 34.5. The highest BCUT2D eigenvalue weighted by Crippen LogP contribution is 2.42. The summed E-state index contributed by atoms with van der Waals surface area (Å²) in [7, 11) is 0. The molecule has 792 valence electrons. The second kappa shape index (κ2) is 48.6. The van der Waals surface area contributed by atoms with Crippen molar-refractivity contribution in [3.63, 3.8) is 0 Å². The minimum Gasteiger partial charge on any atom is -0.394 e. The smallest absolute Gasteiger partial charge is 0.217 e. The third kappa shape index (κ3) is 23.7. The van der Waals surface area contributed by atoms with Gasteiger partial charge in [0.05, 0.1) is 79.3 Å². The largest absolute Gasteiger partial charge is 0.394 e. The summed E-state index contributed by atoms with van der Waals surface area (Å²) in [4.78, 5) is 12.5. The molecule has 0 unspecified atom stereocenters. The van der Waals surface area contributed by atoms with E-state index in [9.17, 15) is 194 Å². The van der Waals surface area contributed by atoms with E-state index in [0.29, 0.717) is 0 Å². The van der Waals surface area contributed by atoms with E-state index in [1.807, 2.05) is 0 Å². The molecule has 0 bridgehead atoms. The average Bonchev–Trinajstić information content (AvgIpc) is 0.792. The number of amides is 1. The summed E-state index contributed by atoms with van der Waals surface area (Å²) in [5.41, 5.74) is 0. The lowest BCUT2D eigenvalue weighted by Gasteiger charge is -2.51. The molecule has 38 N–H and O–H groups in total. The Kier molecular flexibility index (Phi) is 40.0. The highest BCUT2D eigenvalue weighted by Gasteiger charge is 2.63. The minimum absolute atomic E-state index is 0.926. The maximum absolute atomic E-state index is 12.9. The van der Waals surface area contributed by atoms with Crippen LogP contribution >= 0.6 is 0 Å². The zero-order chi connectivity index (χ0) is 99.7. The van der Waals surface area contributed by atoms with Crippen molar-refractivity contribution in [2.24, 2.45) is 0 Å². The van der Waals surface area contributed by atoms with E-state index in [2.05, 4.69) is 5.32 Å². The molecule has 0 aliphatic carbocycles. The molecule has 1 amide bonds. The lowest BCUT2D eigenvalue weighted by molar-refractivity contribution is -0.412. The van der Waals surface area contributed by atoms with Gasteiger partial charge < -0.3 is 303 Å². The lowest BCUT2D eigenvalue weighted by Crippen LogP contribution is -2.69. The lowest BCUT2D eigenvalue weighted by atomic mass is 9.94. The molecule has 12 heterocycles. The number of carbonyl (C=O) groups is 1. The standard InChI is InChI=1S/C74H125NO61/c1-14(85)75-27-39(97)55(23(10-84)117-63(27)113)129-71-54(112)59(133-74-62(46(104)34(92)24(128-74)11-114-64-47(105)40(98)28(86)15(2-76)118-64)136-73-61(45(103)33(91)20(7-81)125-73)135-70-53(111)57(36(94)22(9-83)123-70)131-67-49(107)42(100)30(88)17(4-78)120-67)38(96)26(127-71)12-115-65-51(109)58(132-68-50(108)43(101)31(89)18(5-79)121-68)37(95)25(126-65)13-116-72-60(44(102)32(90)19(6-80)124-72)134-69-52(110)56(35(93)21(8-82)122-69)130-66-48(106)41(99)29(87)16(3-77)119-66/h15-74,76-84,86-113H,2-13H2,1H3,(H,75,85)/t15-,16-,17-,18-,19-,20-,21-,22-,23-,24-,25-,26-,27-,28-,29-,30-,31-,32-,33-,34-,35-,36-,37-,38-,39-,40+,41+,42+,43+,44+,45+,46+,47+,48+,49+,50+,51+,52+,53+,54+,55-,56+,57+,58+,59+,60+,61+,62+,63-,64+,65+,66-,67-,68-,69-,70-,71+,72+,73-,74-/m1/s1. The van der Waals surface area contributed by atoms with Crippen LogP contribution in [-0.4, -0.2) is 643 Å². The molecule has 12 aliphatic heterocycles. The van der Waals surface area contributed by atoms with Gasteiger partial charge in [0.2, 0.25) is 5.91 Å². The molecule has 60 atom stereocenters. The molecule has 0 aromatic carbocycles. The summed E-state index contributed by atoms with van der Waals surface area (Å²) in [5, 5.41) is 415. The van der Waals surface area contributed by atoms with Crippen molar-refractivity contribution in [2.75, 3.05) is 79.3 Å². The number of carbonyl (C=O) groups excluding carboxylic acids is 1. The zero-order valence-corrected chi connectivity index (χ0v) is 71.5. The first-order valence-corrected chi connectivity index (χ1v) is 43.2. The van der Waals surface area contributed by atoms with E-state index in [0.717, 1.165) is 6.92 Å².